The first-order chi connectivity index (χ1) is 44.8. The summed E-state index contributed by atoms with van der Waals surface area (Å²) in [5.74, 6) is 2.25. The molecule has 9 rings (SSSR count). The molecule has 7 unspecified atom stereocenters. The van der Waals surface area contributed by atoms with Crippen LogP contribution in [0.4, 0.5) is 0 Å². The fourth-order valence-corrected chi connectivity index (χ4v) is 20.1. The zero-order valence-corrected chi connectivity index (χ0v) is 67.3. The van der Waals surface area contributed by atoms with Gasteiger partial charge in [-0.3, -0.25) is 0 Å². The molecular formula is C81H129O11S2U-. The van der Waals surface area contributed by atoms with E-state index in [0.29, 0.717) is 58.4 Å². The Bertz CT molecular complexity index is 2980. The van der Waals surface area contributed by atoms with Gasteiger partial charge in [0.2, 0.25) is 0 Å². The summed E-state index contributed by atoms with van der Waals surface area (Å²) in [5.41, 5.74) is 4.42. The maximum atomic E-state index is 13.4. The van der Waals surface area contributed by atoms with Crippen molar-refractivity contribution < 1.29 is 82.5 Å². The fourth-order valence-electron chi connectivity index (χ4n) is 16.6. The van der Waals surface area contributed by atoms with Crippen molar-refractivity contribution in [2.45, 2.75) is 326 Å². The van der Waals surface area contributed by atoms with Crippen molar-refractivity contribution in [1.29, 1.82) is 0 Å². The molecule has 7 heterocycles. The van der Waals surface area contributed by atoms with E-state index in [1.165, 1.54) is 16.7 Å². The largest absolute Gasteiger partial charge is 0.374 e. The minimum atomic E-state index is -3.46. The molecule has 7 aliphatic rings. The Balaban J connectivity index is 0.000000241. The molecule has 0 radical (unpaired) electrons. The van der Waals surface area contributed by atoms with Gasteiger partial charge in [-0.25, -0.2) is 16.8 Å². The number of allylic oxidation sites excluding steroid dienone is 3. The van der Waals surface area contributed by atoms with Crippen LogP contribution in [0.25, 0.3) is 0 Å². The average molecular weight is 1580 g/mol. The maximum Gasteiger partial charge on any atom is 0.178 e. The van der Waals surface area contributed by atoms with E-state index >= 15 is 0 Å². The Morgan fingerprint density at radius 3 is 1.46 bits per heavy atom. The van der Waals surface area contributed by atoms with Crippen LogP contribution in [0.3, 0.4) is 0 Å². The summed E-state index contributed by atoms with van der Waals surface area (Å²) < 4.78 is 107. The number of hydrogen-bond acceptors (Lipinski definition) is 11. The number of sulfone groups is 2. The summed E-state index contributed by atoms with van der Waals surface area (Å²) >= 11 is 0. The molecule has 0 amide bonds. The van der Waals surface area contributed by atoms with Crippen LogP contribution in [0, 0.1) is 90.8 Å². The van der Waals surface area contributed by atoms with Crippen molar-refractivity contribution >= 4 is 19.7 Å². The van der Waals surface area contributed by atoms with Crippen molar-refractivity contribution in [2.75, 3.05) is 11.5 Å². The van der Waals surface area contributed by atoms with Gasteiger partial charge in [-0.1, -0.05) is 162 Å². The number of fused-ring (bicyclic) bond motifs is 2. The van der Waals surface area contributed by atoms with Gasteiger partial charge in [0, 0.05) is 57.2 Å². The molecule has 7 saturated heterocycles. The summed E-state index contributed by atoms with van der Waals surface area (Å²) in [6, 6.07) is 17.6. The summed E-state index contributed by atoms with van der Waals surface area (Å²) in [5, 5.41) is 0. The van der Waals surface area contributed by atoms with Crippen molar-refractivity contribution in [2.24, 2.45) is 53.3 Å². The minimum Gasteiger partial charge on any atom is -0.374 e. The third kappa shape index (κ3) is 22.8. The van der Waals surface area contributed by atoms with Gasteiger partial charge in [-0.05, 0) is 195 Å². The summed E-state index contributed by atoms with van der Waals surface area (Å²) in [6.07, 6.45) is 22.1. The molecule has 2 aromatic rings. The van der Waals surface area contributed by atoms with Gasteiger partial charge in [0.05, 0.1) is 106 Å². The van der Waals surface area contributed by atoms with E-state index in [9.17, 15) is 16.8 Å². The Hall–Kier alpha value is -1.93. The standard InChI is InChI=1S/C33H52O5S.C32H49O4S.C16H28O2.U/c1-8-33-20-25(6)36-32(33)17-15-27(38-33)19-24(5)23(4)14-16-30-29(26(7)31(37-30)18-22(2)3)21-39(34,35)28-12-10-9-11-13-28;1-22(2)18-31-27(7)29(21-37(33,34)28-15-11-9-12-16-28)32(36-31)20-24(4)23(3)14-10-8-13-17-30-25(5)19-26(6)35-30;1-6-16-10-13(5)17-15(16)8-7-14(18-16)9-12(4)11(2)3;/h9-13,22,24-27,29-32H,4,8,14-21H2,1-3,5-7H3;8-9,11-12,15-16,22,24,26-27,29-32H,3,5,10,13-14,17-21H2,1-2,4,6-7H3;12-15H,2,6-10H2,1,3-5H3;/q;-1;;/t24-,25+,26-,27?,29-,30?,31-,32+,33+;24?,26-,27+,29+,30?,31+,32?;12-,13+,14?,15+,16+;/m101./s1/i14T;;;/t14?,24-,25+,26-,27?,29-,30?,31-,32+,33+;;;. The number of unbranched alkanes of at least 4 members (excludes halogenated alkanes) is 2. The zero-order chi connectivity index (χ0) is 69.7. The van der Waals surface area contributed by atoms with Crippen molar-refractivity contribution in [3.8, 4) is 0 Å². The first kappa shape index (κ1) is 80.4. The second-order valence-corrected chi connectivity index (χ2v) is 35.4. The summed E-state index contributed by atoms with van der Waals surface area (Å²) in [7, 11) is -6.84. The maximum absolute atomic E-state index is 13.4. The van der Waals surface area contributed by atoms with Crippen LogP contribution in [0.2, 0.25) is 0 Å². The van der Waals surface area contributed by atoms with Gasteiger partial charge < -0.3 is 39.6 Å². The predicted octanol–water partition coefficient (Wildman–Crippen LogP) is 19.1. The molecule has 14 heteroatoms. The molecule has 0 spiro atoms. The molecule has 22 atom stereocenters. The van der Waals surface area contributed by atoms with Crippen molar-refractivity contribution in [1.82, 2.24) is 0 Å². The first-order valence-corrected chi connectivity index (χ1v) is 40.2. The molecule has 95 heavy (non-hydrogen) atoms. The second kappa shape index (κ2) is 37.3. The van der Waals surface area contributed by atoms with Gasteiger partial charge in [-0.15, -0.1) is 0 Å². The van der Waals surface area contributed by atoms with E-state index in [-0.39, 0.29) is 138 Å². The van der Waals surface area contributed by atoms with Gasteiger partial charge in [0.25, 0.3) is 0 Å². The van der Waals surface area contributed by atoms with E-state index in [1.807, 2.05) is 12.1 Å². The van der Waals surface area contributed by atoms with Crippen LogP contribution >= 0.6 is 0 Å². The van der Waals surface area contributed by atoms with Crippen LogP contribution < -0.4 is 0 Å². The normalized spacial score (nSPS) is 34.4. The van der Waals surface area contributed by atoms with E-state index in [1.54, 1.807) is 48.5 Å². The molecule has 11 nitrogen and oxygen atoms in total. The molecular weight excluding hydrogens is 1450 g/mol. The van der Waals surface area contributed by atoms with Gasteiger partial charge in [0.15, 0.2) is 19.7 Å². The Kier molecular flexibility index (Phi) is 31.6. The SMILES string of the molecule is C=C(C)[C@H](C)CC1CC[C@@H]2O[C@@H](C)C[C@]2(CC)O1.C=C(CC[CH-]CCC1O[C@@H](C)CC1=C)C(C)CC1O[C@H](CC(C)C)[C@H](C)[C@H]1CS(=O)(=O)c1ccccc1.[3H]C(CC1O[C@H](CC(C)C)[C@H](C)[C@H]1CS(=O)(=O)c1ccccc1)C(=C)[C@H](C)CC1CC[C@@H]2O[C@@H](C)C[C@]2(CC)O1.[U]. The third-order valence-electron chi connectivity index (χ3n) is 22.7. The molecule has 0 saturated carbocycles. The molecule has 7 aliphatic heterocycles. The molecule has 536 valence electrons. The molecule has 0 aliphatic carbocycles. The zero-order valence-electron chi connectivity index (χ0n) is 62.5. The third-order valence-corrected chi connectivity index (χ3v) is 26.3. The predicted molar refractivity (Wildman–Crippen MR) is 385 cm³/mol. The Labute approximate surface area is 604 Å². The van der Waals surface area contributed by atoms with E-state index in [0.717, 1.165) is 121 Å². The Morgan fingerprint density at radius 1 is 0.568 bits per heavy atom. The van der Waals surface area contributed by atoms with Crippen LogP contribution in [0.1, 0.15) is 234 Å². The molecule has 0 aromatic heterocycles. The van der Waals surface area contributed by atoms with Crippen LogP contribution in [-0.2, 0) is 52.8 Å². The van der Waals surface area contributed by atoms with E-state index < -0.39 is 26.1 Å². The molecule has 2 aromatic carbocycles. The summed E-state index contributed by atoms with van der Waals surface area (Å²) in [6.45, 7) is 49.6. The first-order valence-electron chi connectivity index (χ1n) is 37.5. The van der Waals surface area contributed by atoms with Crippen LogP contribution in [0.5, 0.6) is 0 Å². The average Bonchev–Trinajstić information content (AvgIpc) is 1.62. The van der Waals surface area contributed by atoms with Crippen LogP contribution in [0.15, 0.2) is 119 Å². The van der Waals surface area contributed by atoms with Gasteiger partial charge in [-0.2, -0.15) is 12.8 Å². The van der Waals surface area contributed by atoms with Gasteiger partial charge in [0.1, 0.15) is 0 Å². The molecule has 0 N–H and O–H groups in total. The van der Waals surface area contributed by atoms with Crippen LogP contribution in [-0.4, -0.2) is 113 Å². The monoisotopic (exact) mass is 1580 g/mol. The minimum absolute atomic E-state index is 0. The number of benzene rings is 2. The number of rotatable bonds is 30. The quantitative estimate of drug-likeness (QED) is 0.0420. The Morgan fingerprint density at radius 2 is 1.02 bits per heavy atom. The van der Waals surface area contributed by atoms with Crippen molar-refractivity contribution in [3.05, 3.63) is 116 Å². The summed E-state index contributed by atoms with van der Waals surface area (Å²) in [4.78, 5) is 0.762. The molecule has 7 fully saturated rings. The van der Waals surface area contributed by atoms with Gasteiger partial charge >= 0.3 is 0 Å². The van der Waals surface area contributed by atoms with E-state index in [2.05, 4.69) is 137 Å². The number of hydrogen-bond donors (Lipinski definition) is 0. The van der Waals surface area contributed by atoms with E-state index in [4.69, 9.17) is 34.5 Å². The topological polar surface area (TPSA) is 133 Å². The second-order valence-electron chi connectivity index (χ2n) is 31.3. The smallest absolute Gasteiger partial charge is 0.178 e. The number of ether oxygens (including phenoxy) is 7. The van der Waals surface area contributed by atoms with Crippen molar-refractivity contribution in [3.63, 3.8) is 0 Å². The molecule has 0 bridgehead atoms. The fraction of sp³-hybridized carbons (Fsp3) is 0.741.